The highest BCUT2D eigenvalue weighted by Gasteiger charge is 2.34. The first kappa shape index (κ1) is 21.8. The van der Waals surface area contributed by atoms with Gasteiger partial charge in [0.05, 0.1) is 30.2 Å². The van der Waals surface area contributed by atoms with Crippen LogP contribution in [0.4, 0.5) is 0 Å². The van der Waals surface area contributed by atoms with Gasteiger partial charge in [0, 0.05) is 6.54 Å². The molecule has 2 aromatic carbocycles. The molecule has 3 rings (SSSR count). The summed E-state index contributed by atoms with van der Waals surface area (Å²) < 4.78 is 4.88. The number of hydrogen-bond donors (Lipinski definition) is 1. The quantitative estimate of drug-likeness (QED) is 0.711. The van der Waals surface area contributed by atoms with Crippen molar-refractivity contribution in [1.82, 2.24) is 10.2 Å². The molecule has 7 heteroatoms. The Hall–Kier alpha value is -2.86. The molecule has 1 saturated heterocycles. The first-order valence-corrected chi connectivity index (χ1v) is 10.4. The molecular formula is C23H25ClN2O4. The molecule has 0 spiro atoms. The van der Waals surface area contributed by atoms with Crippen molar-refractivity contribution in [1.29, 1.82) is 0 Å². The minimum Gasteiger partial charge on any atom is -0.467 e. The number of halogens is 1. The summed E-state index contributed by atoms with van der Waals surface area (Å²) in [5.41, 5.74) is 1.15. The van der Waals surface area contributed by atoms with E-state index in [-0.39, 0.29) is 18.2 Å². The molecule has 0 aromatic heterocycles. The number of rotatable bonds is 6. The van der Waals surface area contributed by atoms with Crippen molar-refractivity contribution >= 4 is 29.4 Å². The summed E-state index contributed by atoms with van der Waals surface area (Å²) in [6, 6.07) is 14.9. The summed E-state index contributed by atoms with van der Waals surface area (Å²) in [7, 11) is 1.33. The first-order valence-electron chi connectivity index (χ1n) is 9.99. The average Bonchev–Trinajstić information content (AvgIpc) is 2.78. The predicted octanol–water partition coefficient (Wildman–Crippen LogP) is 3.76. The highest BCUT2D eigenvalue weighted by molar-refractivity contribution is 6.33. The van der Waals surface area contributed by atoms with Crippen molar-refractivity contribution in [3.63, 3.8) is 0 Å². The van der Waals surface area contributed by atoms with Gasteiger partial charge >= 0.3 is 5.97 Å². The Bertz CT molecular complexity index is 903. The van der Waals surface area contributed by atoms with Crippen LogP contribution < -0.4 is 5.32 Å². The number of hydrogen-bond acceptors (Lipinski definition) is 4. The molecule has 2 atom stereocenters. The predicted molar refractivity (Wildman–Crippen MR) is 114 cm³/mol. The Balaban J connectivity index is 1.81. The third-order valence-corrected chi connectivity index (χ3v) is 5.63. The van der Waals surface area contributed by atoms with E-state index in [4.69, 9.17) is 16.3 Å². The number of likely N-dealkylation sites (tertiary alicyclic amines) is 1. The molecule has 158 valence electrons. The van der Waals surface area contributed by atoms with Crippen molar-refractivity contribution in [2.24, 2.45) is 0 Å². The normalized spacial score (nSPS) is 17.1. The van der Waals surface area contributed by atoms with Gasteiger partial charge in [-0.15, -0.1) is 0 Å². The number of nitrogens with one attached hydrogen (secondary N) is 1. The monoisotopic (exact) mass is 428 g/mol. The topological polar surface area (TPSA) is 75.7 Å². The number of methoxy groups -OCH3 is 1. The number of amides is 2. The number of nitrogens with zero attached hydrogens (tertiary/aromatic N) is 1. The molecular weight excluding hydrogens is 404 g/mol. The van der Waals surface area contributed by atoms with Crippen molar-refractivity contribution in [2.75, 3.05) is 13.7 Å². The highest BCUT2D eigenvalue weighted by Crippen LogP contribution is 2.24. The van der Waals surface area contributed by atoms with Crippen LogP contribution in [-0.4, -0.2) is 42.4 Å². The van der Waals surface area contributed by atoms with Gasteiger partial charge in [-0.3, -0.25) is 9.59 Å². The Labute approximate surface area is 181 Å². The molecule has 2 aromatic rings. The maximum Gasteiger partial charge on any atom is 0.328 e. The Morgan fingerprint density at radius 2 is 1.80 bits per heavy atom. The summed E-state index contributed by atoms with van der Waals surface area (Å²) in [4.78, 5) is 39.7. The number of benzene rings is 2. The minimum atomic E-state index is -0.577. The SMILES string of the molecule is COC(=O)C1CCCCN1C(=O)CC(NC(=O)c1ccccc1Cl)c1ccccc1. The maximum absolute atomic E-state index is 13.1. The van der Waals surface area contributed by atoms with Crippen LogP contribution in [0.15, 0.2) is 54.6 Å². The fraction of sp³-hybridized carbons (Fsp3) is 0.348. The lowest BCUT2D eigenvalue weighted by Gasteiger charge is -2.35. The Morgan fingerprint density at radius 3 is 2.50 bits per heavy atom. The molecule has 0 aliphatic carbocycles. The van der Waals surface area contributed by atoms with Crippen LogP contribution in [0.5, 0.6) is 0 Å². The number of piperidine rings is 1. The number of ether oxygens (including phenoxy) is 1. The lowest BCUT2D eigenvalue weighted by atomic mass is 9.98. The molecule has 30 heavy (non-hydrogen) atoms. The lowest BCUT2D eigenvalue weighted by molar-refractivity contribution is -0.154. The summed E-state index contributed by atoms with van der Waals surface area (Å²) >= 11 is 6.16. The molecule has 2 unspecified atom stereocenters. The van der Waals surface area contributed by atoms with E-state index in [0.717, 1.165) is 18.4 Å². The third kappa shape index (κ3) is 5.19. The van der Waals surface area contributed by atoms with E-state index in [2.05, 4.69) is 5.32 Å². The molecule has 1 heterocycles. The molecule has 1 aliphatic rings. The second-order valence-corrected chi connectivity index (χ2v) is 7.65. The molecule has 0 radical (unpaired) electrons. The number of esters is 1. The largest absolute Gasteiger partial charge is 0.467 e. The van der Waals surface area contributed by atoms with E-state index in [9.17, 15) is 14.4 Å². The van der Waals surface area contributed by atoms with Gasteiger partial charge in [-0.05, 0) is 37.0 Å². The molecule has 1 N–H and O–H groups in total. The van der Waals surface area contributed by atoms with Gasteiger partial charge in [0.15, 0.2) is 0 Å². The number of carbonyl (C=O) groups is 3. The van der Waals surface area contributed by atoms with E-state index < -0.39 is 18.1 Å². The zero-order valence-electron chi connectivity index (χ0n) is 16.8. The van der Waals surface area contributed by atoms with Gasteiger partial charge in [-0.25, -0.2) is 4.79 Å². The van der Waals surface area contributed by atoms with Gasteiger partial charge in [-0.2, -0.15) is 0 Å². The molecule has 0 bridgehead atoms. The Morgan fingerprint density at radius 1 is 1.10 bits per heavy atom. The van der Waals surface area contributed by atoms with Crippen LogP contribution in [0.25, 0.3) is 0 Å². The van der Waals surface area contributed by atoms with Crippen molar-refractivity contribution in [2.45, 2.75) is 37.8 Å². The van der Waals surface area contributed by atoms with Crippen LogP contribution in [0.2, 0.25) is 5.02 Å². The molecule has 2 amide bonds. The van der Waals surface area contributed by atoms with Crippen LogP contribution in [-0.2, 0) is 14.3 Å². The maximum atomic E-state index is 13.1. The van der Waals surface area contributed by atoms with Crippen LogP contribution in [0.1, 0.15) is 47.6 Å². The van der Waals surface area contributed by atoms with Gasteiger partial charge in [0.25, 0.3) is 5.91 Å². The van der Waals surface area contributed by atoms with Gasteiger partial charge in [-0.1, -0.05) is 54.1 Å². The second-order valence-electron chi connectivity index (χ2n) is 7.24. The molecule has 1 fully saturated rings. The summed E-state index contributed by atoms with van der Waals surface area (Å²) in [6.07, 6.45) is 2.32. The first-order chi connectivity index (χ1) is 14.5. The van der Waals surface area contributed by atoms with E-state index in [0.29, 0.717) is 23.6 Å². The summed E-state index contributed by atoms with van der Waals surface area (Å²) in [5, 5.41) is 3.27. The van der Waals surface area contributed by atoms with Gasteiger partial charge < -0.3 is 15.0 Å². The zero-order valence-corrected chi connectivity index (χ0v) is 17.6. The smallest absolute Gasteiger partial charge is 0.328 e. The number of carbonyl (C=O) groups excluding carboxylic acids is 3. The van der Waals surface area contributed by atoms with Crippen LogP contribution >= 0.6 is 11.6 Å². The van der Waals surface area contributed by atoms with E-state index in [1.54, 1.807) is 29.2 Å². The van der Waals surface area contributed by atoms with E-state index in [1.165, 1.54) is 7.11 Å². The molecule has 1 aliphatic heterocycles. The van der Waals surface area contributed by atoms with E-state index >= 15 is 0 Å². The van der Waals surface area contributed by atoms with Gasteiger partial charge in [0.2, 0.25) is 5.91 Å². The third-order valence-electron chi connectivity index (χ3n) is 5.30. The second kappa shape index (κ2) is 10.3. The fourth-order valence-electron chi connectivity index (χ4n) is 3.72. The lowest BCUT2D eigenvalue weighted by Crippen LogP contribution is -2.49. The Kier molecular flexibility index (Phi) is 7.46. The zero-order chi connectivity index (χ0) is 21.5. The van der Waals surface area contributed by atoms with Crippen LogP contribution in [0.3, 0.4) is 0 Å². The summed E-state index contributed by atoms with van der Waals surface area (Å²) in [5.74, 6) is -0.955. The minimum absolute atomic E-state index is 0.0354. The van der Waals surface area contributed by atoms with Crippen molar-refractivity contribution in [3.8, 4) is 0 Å². The van der Waals surface area contributed by atoms with Gasteiger partial charge in [0.1, 0.15) is 6.04 Å². The molecule has 6 nitrogen and oxygen atoms in total. The average molecular weight is 429 g/mol. The van der Waals surface area contributed by atoms with Crippen LogP contribution in [0, 0.1) is 0 Å². The molecule has 0 saturated carbocycles. The fourth-order valence-corrected chi connectivity index (χ4v) is 3.94. The van der Waals surface area contributed by atoms with E-state index in [1.807, 2.05) is 30.3 Å². The van der Waals surface area contributed by atoms with Crippen molar-refractivity contribution in [3.05, 3.63) is 70.7 Å². The van der Waals surface area contributed by atoms with Crippen molar-refractivity contribution < 1.29 is 19.1 Å². The summed E-state index contributed by atoms with van der Waals surface area (Å²) in [6.45, 7) is 0.499. The standard InChI is InChI=1S/C23H25ClN2O4/c1-30-23(29)20-13-7-8-14-26(20)21(27)15-19(16-9-3-2-4-10-16)25-22(28)17-11-5-6-12-18(17)24/h2-6,9-12,19-20H,7-8,13-15H2,1H3,(H,25,28). The highest BCUT2D eigenvalue weighted by atomic mass is 35.5.